The van der Waals surface area contributed by atoms with Crippen molar-refractivity contribution in [2.75, 3.05) is 11.9 Å². The number of rotatable bonds is 6. The number of hydrogen-bond acceptors (Lipinski definition) is 5. The summed E-state index contributed by atoms with van der Waals surface area (Å²) >= 11 is 0. The Labute approximate surface area is 185 Å². The molecular formula is C23H25N7O2. The van der Waals surface area contributed by atoms with Crippen LogP contribution >= 0.6 is 0 Å². The summed E-state index contributed by atoms with van der Waals surface area (Å²) in [6.45, 7) is 6.57. The summed E-state index contributed by atoms with van der Waals surface area (Å²) in [7, 11) is 1.66. The molecule has 0 saturated carbocycles. The highest BCUT2D eigenvalue weighted by atomic mass is 16.2. The fraction of sp³-hybridized carbons (Fsp3) is 0.261. The molecule has 4 aromatic rings. The fourth-order valence-electron chi connectivity index (χ4n) is 3.36. The predicted octanol–water partition coefficient (Wildman–Crippen LogP) is 3.08. The number of nitrogens with one attached hydrogen (secondary N) is 2. The maximum Gasteiger partial charge on any atom is 0.271 e. The number of hydrogen-bond donors (Lipinski definition) is 2. The molecule has 0 fully saturated rings. The van der Waals surface area contributed by atoms with Gasteiger partial charge in [0.05, 0.1) is 23.8 Å². The second kappa shape index (κ2) is 8.62. The molecule has 3 aromatic heterocycles. The van der Waals surface area contributed by atoms with Crippen LogP contribution in [-0.2, 0) is 7.05 Å². The van der Waals surface area contributed by atoms with Crippen LogP contribution < -0.4 is 10.6 Å². The number of carbonyl (C=O) groups excluding carboxylic acids is 2. The first-order chi connectivity index (χ1) is 15.3. The third kappa shape index (κ3) is 4.09. The molecule has 0 saturated heterocycles. The van der Waals surface area contributed by atoms with E-state index < -0.39 is 5.91 Å². The Kier molecular flexibility index (Phi) is 5.72. The fourth-order valence-corrected chi connectivity index (χ4v) is 3.36. The minimum Gasteiger partial charge on any atom is -0.350 e. The molecule has 2 N–H and O–H groups in total. The highest BCUT2D eigenvalue weighted by molar-refractivity contribution is 6.11. The van der Waals surface area contributed by atoms with Crippen LogP contribution in [0.5, 0.6) is 0 Å². The smallest absolute Gasteiger partial charge is 0.271 e. The summed E-state index contributed by atoms with van der Waals surface area (Å²) in [6.07, 6.45) is 4.58. The molecular weight excluding hydrogens is 406 g/mol. The van der Waals surface area contributed by atoms with Crippen molar-refractivity contribution < 1.29 is 9.59 Å². The Hall–Kier alpha value is -4.01. The van der Waals surface area contributed by atoms with Crippen LogP contribution in [0, 0.1) is 12.8 Å². The number of aryl methyl sites for hydroxylation is 2. The third-order valence-electron chi connectivity index (χ3n) is 5.07. The zero-order valence-corrected chi connectivity index (χ0v) is 18.5. The lowest BCUT2D eigenvalue weighted by Crippen LogP contribution is -2.30. The van der Waals surface area contributed by atoms with E-state index in [1.165, 1.54) is 17.1 Å². The number of anilines is 1. The number of fused-ring (bicyclic) bond motifs is 1. The lowest BCUT2D eigenvalue weighted by atomic mass is 10.1. The normalized spacial score (nSPS) is 11.2. The zero-order valence-electron chi connectivity index (χ0n) is 18.5. The largest absolute Gasteiger partial charge is 0.350 e. The number of carbonyl (C=O) groups is 2. The van der Waals surface area contributed by atoms with Crippen molar-refractivity contribution in [2.24, 2.45) is 13.0 Å². The second-order valence-corrected chi connectivity index (χ2v) is 8.08. The SMILES string of the molecule is Cc1ccc(-c2ccnc3c(C(=O)Nc4cnn(C)c4C(=O)NCC(C)C)cnn23)cc1. The molecule has 0 radical (unpaired) electrons. The molecule has 9 nitrogen and oxygen atoms in total. The molecule has 0 spiro atoms. The van der Waals surface area contributed by atoms with Crippen molar-refractivity contribution in [2.45, 2.75) is 20.8 Å². The molecule has 9 heteroatoms. The van der Waals surface area contributed by atoms with Crippen molar-refractivity contribution >= 4 is 23.1 Å². The van der Waals surface area contributed by atoms with Gasteiger partial charge in [0.25, 0.3) is 11.8 Å². The van der Waals surface area contributed by atoms with Crippen molar-refractivity contribution in [3.8, 4) is 11.3 Å². The standard InChI is InChI=1S/C23H25N7O2/c1-14(2)11-25-23(32)20-18(13-26-29(20)4)28-22(31)17-12-27-30-19(9-10-24-21(17)30)16-7-5-15(3)6-8-16/h5-10,12-14H,11H2,1-4H3,(H,25,32)(H,28,31). The van der Waals surface area contributed by atoms with Gasteiger partial charge in [0.1, 0.15) is 11.3 Å². The Balaban J connectivity index is 1.63. The van der Waals surface area contributed by atoms with Crippen molar-refractivity contribution in [3.63, 3.8) is 0 Å². The van der Waals surface area contributed by atoms with Gasteiger partial charge in [-0.25, -0.2) is 9.50 Å². The molecule has 0 atom stereocenters. The summed E-state index contributed by atoms with van der Waals surface area (Å²) < 4.78 is 3.08. The van der Waals surface area contributed by atoms with E-state index in [2.05, 4.69) is 25.8 Å². The van der Waals surface area contributed by atoms with E-state index in [1.807, 2.05) is 51.1 Å². The Morgan fingerprint density at radius 2 is 1.78 bits per heavy atom. The lowest BCUT2D eigenvalue weighted by molar-refractivity contribution is 0.0940. The van der Waals surface area contributed by atoms with Crippen LogP contribution in [0.4, 0.5) is 5.69 Å². The molecule has 0 aliphatic rings. The van der Waals surface area contributed by atoms with E-state index in [0.29, 0.717) is 29.4 Å². The maximum absolute atomic E-state index is 13.1. The van der Waals surface area contributed by atoms with Gasteiger partial charge in [-0.15, -0.1) is 0 Å². The van der Waals surface area contributed by atoms with Crippen LogP contribution in [0.2, 0.25) is 0 Å². The van der Waals surface area contributed by atoms with Gasteiger partial charge in [0, 0.05) is 25.4 Å². The van der Waals surface area contributed by atoms with Gasteiger partial charge in [-0.2, -0.15) is 10.2 Å². The quantitative estimate of drug-likeness (QED) is 0.488. The first-order valence-corrected chi connectivity index (χ1v) is 10.4. The van der Waals surface area contributed by atoms with E-state index in [4.69, 9.17) is 0 Å². The number of amides is 2. The molecule has 164 valence electrons. The van der Waals surface area contributed by atoms with Crippen LogP contribution in [-0.4, -0.2) is 42.7 Å². The predicted molar refractivity (Wildman–Crippen MR) is 121 cm³/mol. The van der Waals surface area contributed by atoms with Gasteiger partial charge in [-0.3, -0.25) is 14.3 Å². The number of benzene rings is 1. The van der Waals surface area contributed by atoms with Crippen molar-refractivity contribution in [3.05, 3.63) is 65.7 Å². The van der Waals surface area contributed by atoms with E-state index in [9.17, 15) is 9.59 Å². The average molecular weight is 432 g/mol. The van der Waals surface area contributed by atoms with Gasteiger partial charge in [0.15, 0.2) is 5.65 Å². The lowest BCUT2D eigenvalue weighted by Gasteiger charge is -2.10. The molecule has 1 aromatic carbocycles. The van der Waals surface area contributed by atoms with Crippen LogP contribution in [0.25, 0.3) is 16.9 Å². The molecule has 0 bridgehead atoms. The zero-order chi connectivity index (χ0) is 22.8. The van der Waals surface area contributed by atoms with Gasteiger partial charge in [-0.05, 0) is 18.9 Å². The van der Waals surface area contributed by atoms with Gasteiger partial charge >= 0.3 is 0 Å². The summed E-state index contributed by atoms with van der Waals surface area (Å²) in [4.78, 5) is 30.0. The van der Waals surface area contributed by atoms with Gasteiger partial charge in [-0.1, -0.05) is 43.7 Å². The molecule has 0 unspecified atom stereocenters. The second-order valence-electron chi connectivity index (χ2n) is 8.08. The monoisotopic (exact) mass is 431 g/mol. The Bertz CT molecular complexity index is 1290. The topological polar surface area (TPSA) is 106 Å². The van der Waals surface area contributed by atoms with E-state index in [1.54, 1.807) is 17.8 Å². The summed E-state index contributed by atoms with van der Waals surface area (Å²) in [5.74, 6) is -0.411. The molecule has 2 amide bonds. The van der Waals surface area contributed by atoms with E-state index in [0.717, 1.165) is 16.8 Å². The number of nitrogens with zero attached hydrogens (tertiary/aromatic N) is 5. The van der Waals surface area contributed by atoms with Crippen molar-refractivity contribution in [1.82, 2.24) is 29.7 Å². The van der Waals surface area contributed by atoms with Crippen LogP contribution in [0.1, 0.15) is 40.3 Å². The third-order valence-corrected chi connectivity index (χ3v) is 5.07. The first kappa shape index (κ1) is 21.2. The minimum absolute atomic E-state index is 0.281. The van der Waals surface area contributed by atoms with Crippen LogP contribution in [0.3, 0.4) is 0 Å². The van der Waals surface area contributed by atoms with E-state index >= 15 is 0 Å². The van der Waals surface area contributed by atoms with E-state index in [-0.39, 0.29) is 11.6 Å². The molecule has 4 rings (SSSR count). The Morgan fingerprint density at radius 1 is 1.03 bits per heavy atom. The average Bonchev–Trinajstić information content (AvgIpc) is 3.36. The molecule has 0 aliphatic heterocycles. The number of aromatic nitrogens is 5. The first-order valence-electron chi connectivity index (χ1n) is 10.4. The molecule has 3 heterocycles. The Morgan fingerprint density at radius 3 is 2.50 bits per heavy atom. The summed E-state index contributed by atoms with van der Waals surface area (Å²) in [6, 6.07) is 9.90. The van der Waals surface area contributed by atoms with Gasteiger partial charge in [0.2, 0.25) is 0 Å². The minimum atomic E-state index is -0.417. The van der Waals surface area contributed by atoms with Crippen LogP contribution in [0.15, 0.2) is 48.9 Å². The van der Waals surface area contributed by atoms with Gasteiger partial charge < -0.3 is 10.6 Å². The highest BCUT2D eigenvalue weighted by Gasteiger charge is 2.22. The summed E-state index contributed by atoms with van der Waals surface area (Å²) in [5, 5.41) is 14.1. The summed E-state index contributed by atoms with van der Waals surface area (Å²) in [5.41, 5.74) is 4.28. The molecule has 32 heavy (non-hydrogen) atoms. The highest BCUT2D eigenvalue weighted by Crippen LogP contribution is 2.22. The molecule has 0 aliphatic carbocycles. The maximum atomic E-state index is 13.1. The van der Waals surface area contributed by atoms with Crippen molar-refractivity contribution in [1.29, 1.82) is 0 Å².